The van der Waals surface area contributed by atoms with Crippen LogP contribution in [0.5, 0.6) is 0 Å². The molecule has 0 heterocycles. The van der Waals surface area contributed by atoms with Gasteiger partial charge in [0.15, 0.2) is 0 Å². The molecule has 0 aliphatic heterocycles. The lowest BCUT2D eigenvalue weighted by atomic mass is 10.1. The molecule has 0 fully saturated rings. The number of carbonyl (C=O) groups is 3. The summed E-state index contributed by atoms with van der Waals surface area (Å²) in [4.78, 5) is 35.4. The van der Waals surface area contributed by atoms with Crippen LogP contribution < -0.4 is 21.7 Å². The summed E-state index contributed by atoms with van der Waals surface area (Å²) in [6.45, 7) is 2.30. The number of nitrogen functional groups attached to an aromatic ring is 1. The third kappa shape index (κ3) is 8.57. The average Bonchev–Trinajstić information content (AvgIpc) is 2.73. The van der Waals surface area contributed by atoms with E-state index < -0.39 is 6.03 Å². The molecule has 0 saturated carbocycles. The van der Waals surface area contributed by atoms with Crippen molar-refractivity contribution in [2.45, 2.75) is 26.2 Å². The van der Waals surface area contributed by atoms with E-state index in [4.69, 9.17) is 15.9 Å². The van der Waals surface area contributed by atoms with E-state index in [-0.39, 0.29) is 37.1 Å². The lowest BCUT2D eigenvalue weighted by Crippen LogP contribution is -2.26. The van der Waals surface area contributed by atoms with Crippen LogP contribution in [-0.4, -0.2) is 36.9 Å². The molecule has 0 radical (unpaired) electrons. The number of urea groups is 1. The van der Waals surface area contributed by atoms with Gasteiger partial charge in [0.25, 0.3) is 0 Å². The van der Waals surface area contributed by atoms with E-state index in [0.717, 1.165) is 5.56 Å². The highest BCUT2D eigenvalue weighted by Gasteiger charge is 2.07. The lowest BCUT2D eigenvalue weighted by molar-refractivity contribution is -0.143. The second kappa shape index (κ2) is 12.0. The number of aryl methyl sites for hydroxylation is 1. The maximum absolute atomic E-state index is 12.2. The Morgan fingerprint density at radius 1 is 1.00 bits per heavy atom. The Hall–Kier alpha value is -3.88. The first-order chi connectivity index (χ1) is 14.9. The number of hydrogen-bond donors (Lipinski definition) is 5. The van der Waals surface area contributed by atoms with Crippen LogP contribution in [0.3, 0.4) is 0 Å². The molecule has 2 aromatic carbocycles. The van der Waals surface area contributed by atoms with E-state index >= 15 is 0 Å². The van der Waals surface area contributed by atoms with Gasteiger partial charge in [-0.05, 0) is 55.3 Å². The molecular formula is C22H27N5O4. The van der Waals surface area contributed by atoms with Crippen LogP contribution in [0.1, 0.15) is 30.9 Å². The highest BCUT2D eigenvalue weighted by atomic mass is 16.5. The van der Waals surface area contributed by atoms with Crippen LogP contribution >= 0.6 is 0 Å². The Balaban J connectivity index is 1.79. The zero-order valence-electron chi connectivity index (χ0n) is 17.4. The van der Waals surface area contributed by atoms with Crippen LogP contribution in [0.4, 0.5) is 16.2 Å². The first-order valence-electron chi connectivity index (χ1n) is 9.91. The number of amidine groups is 1. The van der Waals surface area contributed by atoms with Crippen LogP contribution in [0.25, 0.3) is 0 Å². The van der Waals surface area contributed by atoms with Gasteiger partial charge in [0.05, 0.1) is 13.0 Å². The van der Waals surface area contributed by atoms with Crippen LogP contribution in [0, 0.1) is 5.41 Å². The summed E-state index contributed by atoms with van der Waals surface area (Å²) < 4.78 is 4.81. The highest BCUT2D eigenvalue weighted by Crippen LogP contribution is 2.14. The van der Waals surface area contributed by atoms with Gasteiger partial charge < -0.3 is 26.4 Å². The molecule has 0 aliphatic rings. The van der Waals surface area contributed by atoms with Gasteiger partial charge in [0.1, 0.15) is 5.84 Å². The number of benzene rings is 2. The molecular weight excluding hydrogens is 398 g/mol. The molecule has 0 spiro atoms. The van der Waals surface area contributed by atoms with Crippen LogP contribution in [0.2, 0.25) is 0 Å². The molecule has 0 saturated heterocycles. The highest BCUT2D eigenvalue weighted by molar-refractivity contribution is 6.00. The smallest absolute Gasteiger partial charge is 0.323 e. The molecule has 0 atom stereocenters. The number of hydrogen-bond acceptors (Lipinski definition) is 5. The van der Waals surface area contributed by atoms with Crippen molar-refractivity contribution in [1.29, 1.82) is 5.41 Å². The molecule has 9 nitrogen and oxygen atoms in total. The molecule has 9 heteroatoms. The SMILES string of the molecule is CCOC(=O)CCNC(=O)CCc1cccc(NC(=O)Nc2ccc(C(=N)N)cc2)c1. The van der Waals surface area contributed by atoms with Gasteiger partial charge in [0.2, 0.25) is 5.91 Å². The van der Waals surface area contributed by atoms with Gasteiger partial charge >= 0.3 is 12.0 Å². The summed E-state index contributed by atoms with van der Waals surface area (Å²) in [5.41, 5.74) is 8.04. The van der Waals surface area contributed by atoms with E-state index in [2.05, 4.69) is 16.0 Å². The van der Waals surface area contributed by atoms with Crippen molar-refractivity contribution >= 4 is 35.1 Å². The number of amides is 3. The molecule has 0 aliphatic carbocycles. The van der Waals surface area contributed by atoms with Crippen molar-refractivity contribution in [2.24, 2.45) is 5.73 Å². The van der Waals surface area contributed by atoms with Crippen molar-refractivity contribution in [3.8, 4) is 0 Å². The number of ether oxygens (including phenoxy) is 1. The van der Waals surface area contributed by atoms with Crippen molar-refractivity contribution in [2.75, 3.05) is 23.8 Å². The molecule has 31 heavy (non-hydrogen) atoms. The van der Waals surface area contributed by atoms with Gasteiger partial charge in [-0.1, -0.05) is 12.1 Å². The molecule has 3 amide bonds. The summed E-state index contributed by atoms with van der Waals surface area (Å²) in [5, 5.41) is 15.5. The van der Waals surface area contributed by atoms with Gasteiger partial charge in [-0.3, -0.25) is 15.0 Å². The monoisotopic (exact) mass is 425 g/mol. The van der Waals surface area contributed by atoms with E-state index in [1.165, 1.54) is 0 Å². The molecule has 2 rings (SSSR count). The van der Waals surface area contributed by atoms with Crippen LogP contribution in [0.15, 0.2) is 48.5 Å². The van der Waals surface area contributed by atoms with Crippen molar-refractivity contribution in [1.82, 2.24) is 5.32 Å². The first kappa shape index (κ1) is 23.4. The minimum Gasteiger partial charge on any atom is -0.466 e. The normalized spacial score (nSPS) is 10.1. The maximum Gasteiger partial charge on any atom is 0.323 e. The van der Waals surface area contributed by atoms with Gasteiger partial charge in [-0.15, -0.1) is 0 Å². The Morgan fingerprint density at radius 2 is 1.71 bits per heavy atom. The predicted octanol–water partition coefficient (Wildman–Crippen LogP) is 2.62. The number of esters is 1. The minimum absolute atomic E-state index is 0.0412. The second-order valence-corrected chi connectivity index (χ2v) is 6.68. The Bertz CT molecular complexity index is 928. The van der Waals surface area contributed by atoms with Gasteiger partial charge in [-0.25, -0.2) is 4.79 Å². The zero-order chi connectivity index (χ0) is 22.6. The third-order valence-corrected chi connectivity index (χ3v) is 4.24. The summed E-state index contributed by atoms with van der Waals surface area (Å²) >= 11 is 0. The molecule has 164 valence electrons. The number of nitrogens with two attached hydrogens (primary N) is 1. The van der Waals surface area contributed by atoms with Gasteiger partial charge in [-0.2, -0.15) is 0 Å². The fourth-order valence-electron chi connectivity index (χ4n) is 2.71. The van der Waals surface area contributed by atoms with Crippen molar-refractivity contribution in [3.63, 3.8) is 0 Å². The van der Waals surface area contributed by atoms with E-state index in [0.29, 0.717) is 30.0 Å². The Morgan fingerprint density at radius 3 is 2.39 bits per heavy atom. The second-order valence-electron chi connectivity index (χ2n) is 6.68. The Labute approximate surface area is 180 Å². The standard InChI is InChI=1S/C22H27N5O4/c1-2-31-20(29)12-13-25-19(28)11-6-15-4-3-5-18(14-15)27-22(30)26-17-9-7-16(8-10-17)21(23)24/h3-5,7-10,14H,2,6,11-13H2,1H3,(H3,23,24)(H,25,28)(H2,26,27,30). The van der Waals surface area contributed by atoms with Gasteiger partial charge in [0, 0.05) is 29.9 Å². The lowest BCUT2D eigenvalue weighted by Gasteiger charge is -2.10. The number of rotatable bonds is 10. The quantitative estimate of drug-likeness (QED) is 0.226. The number of anilines is 2. The summed E-state index contributed by atoms with van der Waals surface area (Å²) in [5.74, 6) is -0.537. The predicted molar refractivity (Wildman–Crippen MR) is 119 cm³/mol. The Kier molecular flexibility index (Phi) is 9.03. The van der Waals surface area contributed by atoms with Crippen molar-refractivity contribution in [3.05, 3.63) is 59.7 Å². The van der Waals surface area contributed by atoms with E-state index in [9.17, 15) is 14.4 Å². The summed E-state index contributed by atoms with van der Waals surface area (Å²) in [7, 11) is 0. The maximum atomic E-state index is 12.2. The molecule has 0 bridgehead atoms. The third-order valence-electron chi connectivity index (χ3n) is 4.24. The average molecular weight is 425 g/mol. The van der Waals surface area contributed by atoms with Crippen molar-refractivity contribution < 1.29 is 19.1 Å². The number of carbonyl (C=O) groups excluding carboxylic acids is 3. The number of nitrogens with one attached hydrogen (secondary N) is 4. The summed E-state index contributed by atoms with van der Waals surface area (Å²) in [6, 6.07) is 13.4. The zero-order valence-corrected chi connectivity index (χ0v) is 17.4. The van der Waals surface area contributed by atoms with E-state index in [1.807, 2.05) is 6.07 Å². The molecule has 0 unspecified atom stereocenters. The fraction of sp³-hybridized carbons (Fsp3) is 0.273. The van der Waals surface area contributed by atoms with Crippen LogP contribution in [-0.2, 0) is 20.7 Å². The molecule has 0 aromatic heterocycles. The minimum atomic E-state index is -0.413. The first-order valence-corrected chi connectivity index (χ1v) is 9.91. The largest absolute Gasteiger partial charge is 0.466 e. The molecule has 6 N–H and O–H groups in total. The topological polar surface area (TPSA) is 146 Å². The van der Waals surface area contributed by atoms with E-state index in [1.54, 1.807) is 49.4 Å². The molecule has 2 aromatic rings. The fourth-order valence-corrected chi connectivity index (χ4v) is 2.71. The summed E-state index contributed by atoms with van der Waals surface area (Å²) in [6.07, 6.45) is 0.904.